The molecule has 1 aromatic carbocycles. The summed E-state index contributed by atoms with van der Waals surface area (Å²) in [4.78, 5) is 63.2. The number of carboxylic acid groups (broad SMARTS) is 1. The Kier molecular flexibility index (Phi) is 8.68. The van der Waals surface area contributed by atoms with Crippen molar-refractivity contribution in [2.45, 2.75) is 101 Å². The van der Waals surface area contributed by atoms with Crippen LogP contribution >= 0.6 is 0 Å². The predicted octanol–water partition coefficient (Wildman–Crippen LogP) is 0.660. The Morgan fingerprint density at radius 1 is 1.09 bits per heavy atom. The molecule has 45 heavy (non-hydrogen) atoms. The molecule has 0 amide bonds. The number of carbonyl (C=O) groups is 5. The largest absolute Gasteiger partial charge is 0.481 e. The standard InChI is InChI=1S/C31H37NO13/c1-15(27(36)37)41-28(38)16(2)42-29(39)21(43-17(3)34)13-23(35)44-20-8-10-31(40)22-12-18-6-7-19(14-33)25-24(18)30(31,26(20)45-25)9-5-11-32(22)4/h6-8,15-16,21-22,26,33,40H,5,9-14H2,1-4H3,(H,36,37)/t15-,16-,21-,22+,26-,30-,31+/m0/s1. The molecule has 2 bridgehead atoms. The molecule has 2 aliphatic carbocycles. The molecule has 7 atom stereocenters. The molecular weight excluding hydrogens is 594 g/mol. The highest BCUT2D eigenvalue weighted by Gasteiger charge is 2.70. The van der Waals surface area contributed by atoms with Gasteiger partial charge in [0.05, 0.1) is 24.0 Å². The van der Waals surface area contributed by atoms with Crippen molar-refractivity contribution in [1.82, 2.24) is 4.90 Å². The Bertz CT molecular complexity index is 1450. The number of aliphatic hydroxyl groups is 2. The van der Waals surface area contributed by atoms with Gasteiger partial charge in [0.1, 0.15) is 11.5 Å². The normalized spacial score (nSPS) is 28.2. The first-order chi connectivity index (χ1) is 21.2. The molecule has 2 aliphatic heterocycles. The van der Waals surface area contributed by atoms with Crippen LogP contribution in [0, 0.1) is 0 Å². The van der Waals surface area contributed by atoms with Gasteiger partial charge in [0, 0.05) is 30.5 Å². The summed E-state index contributed by atoms with van der Waals surface area (Å²) in [6, 6.07) is 3.50. The number of carboxylic acids is 1. The number of hydrogen-bond acceptors (Lipinski definition) is 13. The molecule has 2 heterocycles. The van der Waals surface area contributed by atoms with E-state index in [0.29, 0.717) is 24.2 Å². The Morgan fingerprint density at radius 2 is 1.80 bits per heavy atom. The first-order valence-corrected chi connectivity index (χ1v) is 14.8. The maximum atomic E-state index is 13.3. The molecule has 5 rings (SSSR count). The van der Waals surface area contributed by atoms with Gasteiger partial charge in [-0.3, -0.25) is 9.59 Å². The van der Waals surface area contributed by atoms with Gasteiger partial charge in [0.25, 0.3) is 0 Å². The van der Waals surface area contributed by atoms with Gasteiger partial charge in [-0.2, -0.15) is 0 Å². The zero-order valence-corrected chi connectivity index (χ0v) is 25.4. The fraction of sp³-hybridized carbons (Fsp3) is 0.581. The second-order valence-corrected chi connectivity index (χ2v) is 12.0. The van der Waals surface area contributed by atoms with Crippen molar-refractivity contribution < 1.29 is 63.0 Å². The molecule has 244 valence electrons. The monoisotopic (exact) mass is 631 g/mol. The molecule has 0 unspecified atom stereocenters. The fourth-order valence-electron chi connectivity index (χ4n) is 7.20. The van der Waals surface area contributed by atoms with E-state index in [-0.39, 0.29) is 24.8 Å². The number of benzene rings is 1. The van der Waals surface area contributed by atoms with Gasteiger partial charge in [0.2, 0.25) is 6.10 Å². The average Bonchev–Trinajstić information content (AvgIpc) is 3.31. The Morgan fingerprint density at radius 3 is 2.47 bits per heavy atom. The number of ether oxygens (including phenoxy) is 5. The molecule has 1 saturated heterocycles. The SMILES string of the molecule is CC(=O)O[C@@H](CC(=O)OC1=CC[C@@]2(O)[C@H]3Cc4ccc(CO)c5c4[C@@]2(CCCN3C)[C@H]1O5)C(=O)O[C@@H](C)C(=O)O[C@@H](C)C(=O)O. The molecule has 4 aliphatic rings. The van der Waals surface area contributed by atoms with Crippen LogP contribution in [0.3, 0.4) is 0 Å². The summed E-state index contributed by atoms with van der Waals surface area (Å²) < 4.78 is 27.0. The van der Waals surface area contributed by atoms with Gasteiger partial charge < -0.3 is 43.9 Å². The van der Waals surface area contributed by atoms with Crippen molar-refractivity contribution >= 4 is 29.8 Å². The summed E-state index contributed by atoms with van der Waals surface area (Å²) in [6.45, 7) is 3.71. The minimum atomic E-state index is -1.79. The molecule has 3 N–H and O–H groups in total. The van der Waals surface area contributed by atoms with Crippen molar-refractivity contribution in [3.63, 3.8) is 0 Å². The van der Waals surface area contributed by atoms with Crippen molar-refractivity contribution in [3.8, 4) is 5.75 Å². The first kappa shape index (κ1) is 32.4. The van der Waals surface area contributed by atoms with Crippen molar-refractivity contribution in [2.75, 3.05) is 13.6 Å². The highest BCUT2D eigenvalue weighted by molar-refractivity contribution is 5.87. The number of hydrogen-bond donors (Lipinski definition) is 3. The lowest BCUT2D eigenvalue weighted by molar-refractivity contribution is -0.182. The highest BCUT2D eigenvalue weighted by Crippen LogP contribution is 2.64. The Labute approximate surface area is 258 Å². The number of likely N-dealkylation sites (tertiary alicyclic amines) is 1. The third-order valence-corrected chi connectivity index (χ3v) is 9.27. The molecule has 0 aromatic heterocycles. The van der Waals surface area contributed by atoms with Crippen LogP contribution in [0.1, 0.15) is 63.1 Å². The molecular formula is C31H37NO13. The summed E-state index contributed by atoms with van der Waals surface area (Å²) >= 11 is 0. The lowest BCUT2D eigenvalue weighted by atomic mass is 9.52. The minimum absolute atomic E-state index is 0.121. The van der Waals surface area contributed by atoms with Gasteiger partial charge in [-0.15, -0.1) is 0 Å². The van der Waals surface area contributed by atoms with E-state index in [0.717, 1.165) is 44.9 Å². The predicted molar refractivity (Wildman–Crippen MR) is 150 cm³/mol. The summed E-state index contributed by atoms with van der Waals surface area (Å²) in [5, 5.41) is 31.5. The van der Waals surface area contributed by atoms with Crippen molar-refractivity contribution in [3.05, 3.63) is 40.7 Å². The molecule has 14 heteroatoms. The summed E-state index contributed by atoms with van der Waals surface area (Å²) in [5.41, 5.74) is 0.110. The number of carbonyl (C=O) groups excluding carboxylic acids is 4. The summed E-state index contributed by atoms with van der Waals surface area (Å²) in [7, 11) is 1.97. The van der Waals surface area contributed by atoms with Gasteiger partial charge in [-0.25, -0.2) is 14.4 Å². The van der Waals surface area contributed by atoms with Gasteiger partial charge >= 0.3 is 29.8 Å². The Balaban J connectivity index is 1.38. The summed E-state index contributed by atoms with van der Waals surface area (Å²) in [5.74, 6) is -5.10. The number of rotatable bonds is 10. The molecule has 1 spiro atoms. The van der Waals surface area contributed by atoms with Crippen LogP contribution in [0.15, 0.2) is 24.0 Å². The van der Waals surface area contributed by atoms with E-state index in [1.807, 2.05) is 13.1 Å². The average molecular weight is 632 g/mol. The first-order valence-electron chi connectivity index (χ1n) is 14.8. The van der Waals surface area contributed by atoms with Gasteiger partial charge in [-0.1, -0.05) is 12.1 Å². The quantitative estimate of drug-likeness (QED) is 0.241. The van der Waals surface area contributed by atoms with Crippen LogP contribution in [0.2, 0.25) is 0 Å². The van der Waals surface area contributed by atoms with E-state index in [1.165, 1.54) is 0 Å². The lowest BCUT2D eigenvalue weighted by Gasteiger charge is -2.56. The van der Waals surface area contributed by atoms with Gasteiger partial charge in [0.15, 0.2) is 18.3 Å². The van der Waals surface area contributed by atoms with Gasteiger partial charge in [-0.05, 0) is 58.3 Å². The number of esters is 4. The molecule has 1 fully saturated rings. The molecule has 0 radical (unpaired) electrons. The highest BCUT2D eigenvalue weighted by atomic mass is 16.6. The van der Waals surface area contributed by atoms with Crippen LogP contribution in [-0.4, -0.2) is 99.7 Å². The second-order valence-electron chi connectivity index (χ2n) is 12.0. The van der Waals surface area contributed by atoms with E-state index in [4.69, 9.17) is 28.8 Å². The molecule has 1 aromatic rings. The van der Waals surface area contributed by atoms with Crippen LogP contribution in [0.5, 0.6) is 5.75 Å². The fourth-order valence-corrected chi connectivity index (χ4v) is 7.20. The number of likely N-dealkylation sites (N-methyl/N-ethyl adjacent to an activating group) is 1. The molecule has 14 nitrogen and oxygen atoms in total. The zero-order valence-electron chi connectivity index (χ0n) is 25.4. The van der Waals surface area contributed by atoms with E-state index in [1.54, 1.807) is 12.1 Å². The van der Waals surface area contributed by atoms with Crippen molar-refractivity contribution in [2.24, 2.45) is 0 Å². The smallest absolute Gasteiger partial charge is 0.348 e. The third-order valence-electron chi connectivity index (χ3n) is 9.27. The summed E-state index contributed by atoms with van der Waals surface area (Å²) in [6.07, 6.45) is -2.98. The maximum Gasteiger partial charge on any atom is 0.348 e. The lowest BCUT2D eigenvalue weighted by Crippen LogP contribution is -2.69. The van der Waals surface area contributed by atoms with E-state index in [2.05, 4.69) is 4.90 Å². The number of aliphatic carboxylic acids is 1. The topological polar surface area (TPSA) is 195 Å². The third kappa shape index (κ3) is 5.44. The zero-order chi connectivity index (χ0) is 32.8. The van der Waals surface area contributed by atoms with Crippen LogP contribution < -0.4 is 4.74 Å². The van der Waals surface area contributed by atoms with Crippen LogP contribution in [0.4, 0.5) is 0 Å². The minimum Gasteiger partial charge on any atom is -0.481 e. The number of nitrogens with zero attached hydrogens (tertiary/aromatic N) is 1. The Hall–Kier alpha value is -4.01. The second kappa shape index (κ2) is 12.1. The van der Waals surface area contributed by atoms with Crippen LogP contribution in [-0.2, 0) is 61.4 Å². The van der Waals surface area contributed by atoms with E-state index < -0.39 is 71.7 Å². The van der Waals surface area contributed by atoms with Crippen molar-refractivity contribution in [1.29, 1.82) is 0 Å². The molecule has 0 saturated carbocycles. The van der Waals surface area contributed by atoms with E-state index >= 15 is 0 Å². The van der Waals surface area contributed by atoms with E-state index in [9.17, 15) is 34.2 Å². The maximum absolute atomic E-state index is 13.3. The number of aliphatic hydroxyl groups excluding tert-OH is 1. The van der Waals surface area contributed by atoms with Crippen LogP contribution in [0.25, 0.3) is 0 Å².